The lowest BCUT2D eigenvalue weighted by atomic mass is 10.2. The molecule has 0 saturated carbocycles. The van der Waals surface area contributed by atoms with E-state index in [1.807, 2.05) is 30.6 Å². The third-order valence-corrected chi connectivity index (χ3v) is 1.51. The number of aromatic nitrogens is 1. The van der Waals surface area contributed by atoms with Gasteiger partial charge in [0.2, 0.25) is 0 Å². The summed E-state index contributed by atoms with van der Waals surface area (Å²) in [4.78, 5) is 7.06. The first-order valence-electron chi connectivity index (χ1n) is 3.22. The molecule has 1 atom stereocenters. The van der Waals surface area contributed by atoms with Crippen molar-refractivity contribution in [3.05, 3.63) is 36.2 Å². The van der Waals surface area contributed by atoms with E-state index in [-0.39, 0.29) is 6.04 Å². The number of aliphatic imine (C=N–C) groups is 1. The van der Waals surface area contributed by atoms with Crippen LogP contribution in [-0.4, -0.2) is 11.2 Å². The Kier molecular flexibility index (Phi) is 1.17. The van der Waals surface area contributed by atoms with E-state index >= 15 is 0 Å². The molecule has 10 heavy (non-hydrogen) atoms. The zero-order valence-corrected chi connectivity index (χ0v) is 5.41. The van der Waals surface area contributed by atoms with Gasteiger partial charge in [-0.15, -0.1) is 0 Å². The highest BCUT2D eigenvalue weighted by Gasteiger charge is 2.07. The first-order chi connectivity index (χ1) is 4.97. The number of hydrogen-bond donors (Lipinski definition) is 1. The van der Waals surface area contributed by atoms with Crippen LogP contribution in [0, 0.1) is 6.20 Å². The molecule has 1 aromatic rings. The predicted octanol–water partition coefficient (Wildman–Crippen LogP) is 1.50. The third-order valence-electron chi connectivity index (χ3n) is 1.51. The van der Waals surface area contributed by atoms with Crippen LogP contribution in [-0.2, 0) is 0 Å². The van der Waals surface area contributed by atoms with Crippen molar-refractivity contribution in [3.63, 3.8) is 0 Å². The molecule has 1 aromatic heterocycles. The second-order valence-corrected chi connectivity index (χ2v) is 2.19. The molecule has 1 aliphatic rings. The van der Waals surface area contributed by atoms with Gasteiger partial charge in [0.05, 0.1) is 12.2 Å². The molecule has 1 N–H and O–H groups in total. The Bertz CT molecular complexity index is 245. The van der Waals surface area contributed by atoms with Crippen LogP contribution in [0.1, 0.15) is 11.6 Å². The highest BCUT2D eigenvalue weighted by molar-refractivity contribution is 5.74. The summed E-state index contributed by atoms with van der Waals surface area (Å²) in [6, 6.07) is 2.18. The summed E-state index contributed by atoms with van der Waals surface area (Å²) < 4.78 is 0. The highest BCUT2D eigenvalue weighted by atomic mass is 14.8. The third kappa shape index (κ3) is 0.778. The lowest BCUT2D eigenvalue weighted by Crippen LogP contribution is -1.83. The van der Waals surface area contributed by atoms with E-state index in [0.717, 1.165) is 5.56 Å². The molecular formula is C8H7N2. The lowest BCUT2D eigenvalue weighted by Gasteiger charge is -1.97. The van der Waals surface area contributed by atoms with E-state index in [1.165, 1.54) is 0 Å². The van der Waals surface area contributed by atoms with Crippen molar-refractivity contribution in [2.24, 2.45) is 4.99 Å². The average Bonchev–Trinajstić information content (AvgIpc) is 2.59. The minimum atomic E-state index is 0.200. The van der Waals surface area contributed by atoms with Crippen molar-refractivity contribution in [3.8, 4) is 0 Å². The quantitative estimate of drug-likeness (QED) is 0.598. The molecule has 0 bridgehead atoms. The van der Waals surface area contributed by atoms with E-state index < -0.39 is 0 Å². The van der Waals surface area contributed by atoms with Gasteiger partial charge in [0, 0.05) is 18.0 Å². The normalized spacial score (nSPS) is 22.2. The number of rotatable bonds is 1. The summed E-state index contributed by atoms with van der Waals surface area (Å²) >= 11 is 0. The Morgan fingerprint density at radius 1 is 1.60 bits per heavy atom. The Balaban J connectivity index is 2.29. The summed E-state index contributed by atoms with van der Waals surface area (Å²) in [5, 5.41) is 0. The van der Waals surface area contributed by atoms with Gasteiger partial charge in [-0.1, -0.05) is 6.08 Å². The Hall–Kier alpha value is -1.31. The largest absolute Gasteiger partial charge is 0.360 e. The topological polar surface area (TPSA) is 28.1 Å². The van der Waals surface area contributed by atoms with E-state index in [2.05, 4.69) is 16.2 Å². The smallest absolute Gasteiger partial charge is 0.0955 e. The maximum Gasteiger partial charge on any atom is 0.0955 e. The fourth-order valence-corrected chi connectivity index (χ4v) is 1.00. The Morgan fingerprint density at radius 3 is 3.20 bits per heavy atom. The summed E-state index contributed by atoms with van der Waals surface area (Å²) in [5.41, 5.74) is 1.10. The molecule has 2 heterocycles. The minimum Gasteiger partial charge on any atom is -0.360 e. The summed E-state index contributed by atoms with van der Waals surface area (Å²) in [6.45, 7) is 0. The average molecular weight is 131 g/mol. The van der Waals surface area contributed by atoms with Gasteiger partial charge in [-0.2, -0.15) is 0 Å². The van der Waals surface area contributed by atoms with E-state index in [9.17, 15) is 0 Å². The molecule has 1 unspecified atom stereocenters. The maximum atomic E-state index is 4.19. The monoisotopic (exact) mass is 131 g/mol. The first-order valence-corrected chi connectivity index (χ1v) is 3.22. The van der Waals surface area contributed by atoms with Crippen molar-refractivity contribution in [1.29, 1.82) is 0 Å². The van der Waals surface area contributed by atoms with Crippen LogP contribution in [0.5, 0.6) is 0 Å². The summed E-state index contributed by atoms with van der Waals surface area (Å²) in [7, 11) is 0. The SMILES string of the molecule is [c]1[nH]ccc1C1C=CC=N1. The molecule has 2 rings (SSSR count). The molecule has 1 aliphatic heterocycles. The van der Waals surface area contributed by atoms with Crippen LogP contribution in [0.4, 0.5) is 0 Å². The Morgan fingerprint density at radius 2 is 2.60 bits per heavy atom. The number of nitrogens with zero attached hydrogens (tertiary/aromatic N) is 1. The molecule has 0 aromatic carbocycles. The van der Waals surface area contributed by atoms with Crippen molar-refractivity contribution >= 4 is 6.21 Å². The number of allylic oxidation sites excluding steroid dienone is 1. The maximum absolute atomic E-state index is 4.19. The summed E-state index contributed by atoms with van der Waals surface area (Å²) in [6.07, 6.45) is 10.6. The Labute approximate surface area is 59.3 Å². The number of nitrogens with one attached hydrogen (secondary N) is 1. The van der Waals surface area contributed by atoms with Crippen molar-refractivity contribution in [1.82, 2.24) is 4.98 Å². The zero-order chi connectivity index (χ0) is 6.81. The fraction of sp³-hybridized carbons (Fsp3) is 0.125. The van der Waals surface area contributed by atoms with E-state index in [0.29, 0.717) is 0 Å². The lowest BCUT2D eigenvalue weighted by molar-refractivity contribution is 0.935. The van der Waals surface area contributed by atoms with E-state index in [1.54, 1.807) is 0 Å². The van der Waals surface area contributed by atoms with Crippen LogP contribution in [0.3, 0.4) is 0 Å². The number of H-pyrrole nitrogens is 1. The van der Waals surface area contributed by atoms with Gasteiger partial charge in [0.1, 0.15) is 0 Å². The van der Waals surface area contributed by atoms with Gasteiger partial charge >= 0.3 is 0 Å². The molecule has 2 heteroatoms. The van der Waals surface area contributed by atoms with Crippen LogP contribution in [0.15, 0.2) is 29.4 Å². The summed E-state index contributed by atoms with van der Waals surface area (Å²) in [5.74, 6) is 0. The molecule has 49 valence electrons. The van der Waals surface area contributed by atoms with Gasteiger partial charge in [0.25, 0.3) is 0 Å². The standard InChI is InChI=1S/C8H7N2/c1-2-8(10-4-1)7-3-5-9-6-7/h1-5,8-9H. The van der Waals surface area contributed by atoms with Crippen LogP contribution in [0.25, 0.3) is 0 Å². The highest BCUT2D eigenvalue weighted by Crippen LogP contribution is 2.19. The van der Waals surface area contributed by atoms with Gasteiger partial charge in [-0.05, 0) is 12.1 Å². The molecule has 0 spiro atoms. The van der Waals surface area contributed by atoms with E-state index in [4.69, 9.17) is 0 Å². The molecule has 0 aliphatic carbocycles. The van der Waals surface area contributed by atoms with Crippen LogP contribution >= 0.6 is 0 Å². The van der Waals surface area contributed by atoms with Gasteiger partial charge < -0.3 is 4.98 Å². The zero-order valence-electron chi connectivity index (χ0n) is 5.41. The molecule has 1 radical (unpaired) electrons. The number of aromatic amines is 1. The minimum absolute atomic E-state index is 0.200. The van der Waals surface area contributed by atoms with Gasteiger partial charge in [-0.25, -0.2) is 0 Å². The first kappa shape index (κ1) is 5.47. The molecule has 0 amide bonds. The molecule has 0 fully saturated rings. The van der Waals surface area contributed by atoms with Crippen LogP contribution < -0.4 is 0 Å². The van der Waals surface area contributed by atoms with Crippen molar-refractivity contribution in [2.75, 3.05) is 0 Å². The predicted molar refractivity (Wildman–Crippen MR) is 40.0 cm³/mol. The van der Waals surface area contributed by atoms with Crippen LogP contribution in [0.2, 0.25) is 0 Å². The van der Waals surface area contributed by atoms with Gasteiger partial charge in [0.15, 0.2) is 0 Å². The second kappa shape index (κ2) is 2.14. The second-order valence-electron chi connectivity index (χ2n) is 2.19. The molecule has 0 saturated heterocycles. The fourth-order valence-electron chi connectivity index (χ4n) is 1.00. The van der Waals surface area contributed by atoms with Crippen molar-refractivity contribution < 1.29 is 0 Å². The van der Waals surface area contributed by atoms with Gasteiger partial charge in [-0.3, -0.25) is 4.99 Å². The number of hydrogen-bond acceptors (Lipinski definition) is 1. The van der Waals surface area contributed by atoms with Crippen molar-refractivity contribution in [2.45, 2.75) is 6.04 Å². The molecular weight excluding hydrogens is 124 g/mol. The molecule has 2 nitrogen and oxygen atoms in total.